The molecule has 2 aliphatic carbocycles. The fourth-order valence-corrected chi connectivity index (χ4v) is 5.51. The van der Waals surface area contributed by atoms with Crippen molar-refractivity contribution in [3.8, 4) is 0 Å². The number of carbonyl (C=O) groups excluding carboxylic acids is 2. The Hall–Kier alpha value is -1.04. The zero-order valence-electron chi connectivity index (χ0n) is 16.0. The third kappa shape index (κ3) is 5.24. The Kier molecular flexibility index (Phi) is 7.41. The second-order valence-electron chi connectivity index (χ2n) is 7.87. The lowest BCUT2D eigenvalue weighted by Crippen LogP contribution is -2.42. The Morgan fingerprint density at radius 1 is 1.08 bits per heavy atom. The molecule has 0 aromatic heterocycles. The molecule has 1 aliphatic heterocycles. The van der Waals surface area contributed by atoms with Gasteiger partial charge in [0, 0.05) is 25.0 Å². The minimum Gasteiger partial charge on any atom is -0.362 e. The van der Waals surface area contributed by atoms with Crippen LogP contribution in [0.15, 0.2) is 4.99 Å². The van der Waals surface area contributed by atoms with Gasteiger partial charge in [-0.15, -0.1) is 0 Å². The highest BCUT2D eigenvalue weighted by Gasteiger charge is 2.34. The van der Waals surface area contributed by atoms with Gasteiger partial charge < -0.3 is 10.2 Å². The van der Waals surface area contributed by atoms with Gasteiger partial charge in [0.2, 0.25) is 5.91 Å². The first-order chi connectivity index (χ1) is 12.7. The maximum Gasteiger partial charge on any atom is 0.262 e. The molecule has 0 saturated heterocycles. The second kappa shape index (κ2) is 9.77. The lowest BCUT2D eigenvalue weighted by atomic mass is 9.94. The molecule has 6 heteroatoms. The third-order valence-electron chi connectivity index (χ3n) is 5.96. The summed E-state index contributed by atoms with van der Waals surface area (Å²) in [5.74, 6) is -0.0182. The predicted octanol–water partition coefficient (Wildman–Crippen LogP) is 3.87. The van der Waals surface area contributed by atoms with Gasteiger partial charge in [-0.05, 0) is 32.6 Å². The van der Waals surface area contributed by atoms with Crippen molar-refractivity contribution in [3.63, 3.8) is 0 Å². The number of hydrogen-bond donors (Lipinski definition) is 1. The molecule has 3 rings (SSSR count). The maximum absolute atomic E-state index is 12.8. The fraction of sp³-hybridized carbons (Fsp3) is 0.850. The van der Waals surface area contributed by atoms with Crippen LogP contribution in [0.25, 0.3) is 0 Å². The largest absolute Gasteiger partial charge is 0.362 e. The number of hydrogen-bond acceptors (Lipinski definition) is 4. The number of nitrogens with zero attached hydrogens (tertiary/aromatic N) is 2. The second-order valence-corrected chi connectivity index (χ2v) is 9.06. The summed E-state index contributed by atoms with van der Waals surface area (Å²) in [7, 11) is 0. The van der Waals surface area contributed by atoms with Crippen LogP contribution in [0.4, 0.5) is 0 Å². The van der Waals surface area contributed by atoms with Gasteiger partial charge in [-0.2, -0.15) is 4.99 Å². The van der Waals surface area contributed by atoms with Crippen LogP contribution in [-0.4, -0.2) is 45.8 Å². The topological polar surface area (TPSA) is 61.8 Å². The molecular formula is C20H33N3O2S. The van der Waals surface area contributed by atoms with E-state index in [9.17, 15) is 9.59 Å². The lowest BCUT2D eigenvalue weighted by molar-refractivity contribution is -0.135. The zero-order valence-corrected chi connectivity index (χ0v) is 16.9. The van der Waals surface area contributed by atoms with E-state index in [1.165, 1.54) is 56.7 Å². The molecule has 0 aromatic rings. The molecular weight excluding hydrogens is 346 g/mol. The summed E-state index contributed by atoms with van der Waals surface area (Å²) < 4.78 is 0. The molecule has 5 nitrogen and oxygen atoms in total. The van der Waals surface area contributed by atoms with Crippen LogP contribution < -0.4 is 5.32 Å². The van der Waals surface area contributed by atoms with Crippen molar-refractivity contribution in [3.05, 3.63) is 0 Å². The molecule has 3 aliphatic rings. The molecule has 0 aromatic carbocycles. The normalized spacial score (nSPS) is 25.7. The van der Waals surface area contributed by atoms with E-state index in [0.717, 1.165) is 37.4 Å². The molecule has 26 heavy (non-hydrogen) atoms. The summed E-state index contributed by atoms with van der Waals surface area (Å²) in [5, 5.41) is 3.86. The van der Waals surface area contributed by atoms with Gasteiger partial charge >= 0.3 is 0 Å². The summed E-state index contributed by atoms with van der Waals surface area (Å²) in [5.41, 5.74) is 0. The van der Waals surface area contributed by atoms with Crippen molar-refractivity contribution in [1.82, 2.24) is 10.2 Å². The first kappa shape index (κ1) is 19.7. The van der Waals surface area contributed by atoms with Gasteiger partial charge in [-0.1, -0.05) is 56.7 Å². The van der Waals surface area contributed by atoms with Gasteiger partial charge in [0.1, 0.15) is 5.25 Å². The van der Waals surface area contributed by atoms with Crippen molar-refractivity contribution in [2.24, 2.45) is 4.99 Å². The summed E-state index contributed by atoms with van der Waals surface area (Å²) in [6.07, 6.45) is 13.6. The summed E-state index contributed by atoms with van der Waals surface area (Å²) >= 11 is 1.46. The molecule has 2 amide bonds. The minimum absolute atomic E-state index is 0.121. The molecule has 1 unspecified atom stereocenters. The molecule has 2 fully saturated rings. The fourth-order valence-electron chi connectivity index (χ4n) is 4.48. The van der Waals surface area contributed by atoms with Crippen molar-refractivity contribution in [1.29, 1.82) is 0 Å². The minimum atomic E-state index is -0.339. The van der Waals surface area contributed by atoms with E-state index >= 15 is 0 Å². The van der Waals surface area contributed by atoms with E-state index in [2.05, 4.69) is 10.3 Å². The van der Waals surface area contributed by atoms with E-state index in [4.69, 9.17) is 0 Å². The number of rotatable bonds is 5. The molecule has 0 bridgehead atoms. The Balaban J connectivity index is 1.50. The van der Waals surface area contributed by atoms with Crippen molar-refractivity contribution < 1.29 is 9.59 Å². The summed E-state index contributed by atoms with van der Waals surface area (Å²) in [6, 6.07) is 0.799. The monoisotopic (exact) mass is 379 g/mol. The third-order valence-corrected chi connectivity index (χ3v) is 7.05. The molecule has 1 atom stereocenters. The van der Waals surface area contributed by atoms with Crippen molar-refractivity contribution >= 4 is 28.7 Å². The van der Waals surface area contributed by atoms with Crippen LogP contribution in [0.2, 0.25) is 0 Å². The SMILES string of the molecule is CCN(C(=O)CC1SC(NC2CCCCCC2)=NC1=O)C1CCCCC1. The van der Waals surface area contributed by atoms with Crippen molar-refractivity contribution in [2.75, 3.05) is 6.54 Å². The average Bonchev–Trinajstić information content (AvgIpc) is 2.83. The Morgan fingerprint density at radius 2 is 1.69 bits per heavy atom. The maximum atomic E-state index is 12.8. The highest BCUT2D eigenvalue weighted by Crippen LogP contribution is 2.28. The zero-order chi connectivity index (χ0) is 18.4. The number of aliphatic imine (C=N–C) groups is 1. The van der Waals surface area contributed by atoms with Gasteiger partial charge in [0.15, 0.2) is 5.17 Å². The highest BCUT2D eigenvalue weighted by atomic mass is 32.2. The first-order valence-electron chi connectivity index (χ1n) is 10.5. The van der Waals surface area contributed by atoms with Crippen LogP contribution in [0.1, 0.15) is 84.0 Å². The van der Waals surface area contributed by atoms with E-state index in [0.29, 0.717) is 12.1 Å². The molecule has 1 N–H and O–H groups in total. The highest BCUT2D eigenvalue weighted by molar-refractivity contribution is 8.15. The predicted molar refractivity (Wildman–Crippen MR) is 107 cm³/mol. The number of thioether (sulfide) groups is 1. The van der Waals surface area contributed by atoms with Gasteiger partial charge in [0.05, 0.1) is 0 Å². The molecule has 1 heterocycles. The van der Waals surface area contributed by atoms with Gasteiger partial charge in [0.25, 0.3) is 5.91 Å². The van der Waals surface area contributed by atoms with Gasteiger partial charge in [-0.25, -0.2) is 0 Å². The Bertz CT molecular complexity index is 523. The lowest BCUT2D eigenvalue weighted by Gasteiger charge is -2.34. The standard InChI is InChI=1S/C20H33N3O2S/c1-2-23(16-12-8-5-9-13-16)18(24)14-17-19(25)22-20(26-17)21-15-10-6-3-4-7-11-15/h15-17H,2-14H2,1H3,(H,21,22,25). The van der Waals surface area contributed by atoms with Gasteiger partial charge in [-0.3, -0.25) is 9.59 Å². The Morgan fingerprint density at radius 3 is 2.35 bits per heavy atom. The first-order valence-corrected chi connectivity index (χ1v) is 11.4. The summed E-state index contributed by atoms with van der Waals surface area (Å²) in [6.45, 7) is 2.79. The quantitative estimate of drug-likeness (QED) is 0.737. The smallest absolute Gasteiger partial charge is 0.262 e. The Labute approximate surface area is 161 Å². The van der Waals surface area contributed by atoms with Crippen molar-refractivity contribution in [2.45, 2.75) is 101 Å². The average molecular weight is 380 g/mol. The van der Waals surface area contributed by atoms with E-state index < -0.39 is 0 Å². The molecule has 2 saturated carbocycles. The van der Waals surface area contributed by atoms with Crippen LogP contribution >= 0.6 is 11.8 Å². The molecule has 0 radical (unpaired) electrons. The van der Waals surface area contributed by atoms with E-state index in [-0.39, 0.29) is 23.5 Å². The summed E-state index contributed by atoms with van der Waals surface area (Å²) in [4.78, 5) is 31.3. The van der Waals surface area contributed by atoms with Crippen LogP contribution in [0.3, 0.4) is 0 Å². The van der Waals surface area contributed by atoms with Crippen LogP contribution in [-0.2, 0) is 9.59 Å². The van der Waals surface area contributed by atoms with Crippen LogP contribution in [0, 0.1) is 0 Å². The number of nitrogens with one attached hydrogen (secondary N) is 1. The number of amides is 2. The number of amidine groups is 1. The van der Waals surface area contributed by atoms with E-state index in [1.54, 1.807) is 0 Å². The molecule has 0 spiro atoms. The van der Waals surface area contributed by atoms with Crippen LogP contribution in [0.5, 0.6) is 0 Å². The number of carbonyl (C=O) groups is 2. The van der Waals surface area contributed by atoms with E-state index in [1.807, 2.05) is 11.8 Å². The molecule has 146 valence electrons.